The molecule has 1 fully saturated rings. The van der Waals surface area contributed by atoms with Gasteiger partial charge in [0.25, 0.3) is 0 Å². The zero-order chi connectivity index (χ0) is 31.1. The Morgan fingerprint density at radius 3 is 2.27 bits per heavy atom. The fourth-order valence-electron chi connectivity index (χ4n) is 5.76. The minimum absolute atomic E-state index is 0.0606. The van der Waals surface area contributed by atoms with Crippen molar-refractivity contribution in [3.8, 4) is 5.75 Å². The van der Waals surface area contributed by atoms with Gasteiger partial charge in [-0.05, 0) is 59.0 Å². The molecule has 0 aliphatic heterocycles. The summed E-state index contributed by atoms with van der Waals surface area (Å²) in [6.45, 7) is -0.323. The van der Waals surface area contributed by atoms with E-state index in [9.17, 15) is 18.0 Å². The van der Waals surface area contributed by atoms with Gasteiger partial charge in [0.05, 0.1) is 18.6 Å². The molecule has 8 nitrogen and oxygen atoms in total. The highest BCUT2D eigenvalue weighted by atomic mass is 32.2. The van der Waals surface area contributed by atoms with Crippen LogP contribution in [0.2, 0.25) is 0 Å². The monoisotopic (exact) mass is 613 g/mol. The minimum Gasteiger partial charge on any atom is -0.497 e. The first kappa shape index (κ1) is 31.2. The van der Waals surface area contributed by atoms with Crippen LogP contribution in [0.3, 0.4) is 0 Å². The lowest BCUT2D eigenvalue weighted by Crippen LogP contribution is -2.54. The van der Waals surface area contributed by atoms with Crippen molar-refractivity contribution >= 4 is 32.6 Å². The van der Waals surface area contributed by atoms with Gasteiger partial charge in [0, 0.05) is 26.1 Å². The van der Waals surface area contributed by atoms with Gasteiger partial charge in [-0.3, -0.25) is 9.59 Å². The second-order valence-corrected chi connectivity index (χ2v) is 13.4. The van der Waals surface area contributed by atoms with Crippen molar-refractivity contribution in [1.29, 1.82) is 0 Å². The minimum atomic E-state index is -4.00. The smallest absolute Gasteiger partial charge is 0.243 e. The topological polar surface area (TPSA) is 96.0 Å². The summed E-state index contributed by atoms with van der Waals surface area (Å²) in [5, 5.41) is 4.89. The summed E-state index contributed by atoms with van der Waals surface area (Å²) in [6.07, 6.45) is 4.20. The van der Waals surface area contributed by atoms with Gasteiger partial charge in [-0.15, -0.1) is 0 Å². The average molecular weight is 614 g/mol. The number of ether oxygens (including phenoxy) is 1. The number of amides is 2. The molecule has 230 valence electrons. The number of fused-ring (bicyclic) bond motifs is 1. The molecule has 44 heavy (non-hydrogen) atoms. The molecule has 1 atom stereocenters. The lowest BCUT2D eigenvalue weighted by Gasteiger charge is -2.33. The molecule has 1 aliphatic rings. The van der Waals surface area contributed by atoms with E-state index in [1.165, 1.54) is 11.9 Å². The highest BCUT2D eigenvalue weighted by Crippen LogP contribution is 2.24. The quantitative estimate of drug-likeness (QED) is 0.238. The Morgan fingerprint density at radius 1 is 0.864 bits per heavy atom. The molecule has 2 amide bonds. The van der Waals surface area contributed by atoms with Crippen LogP contribution in [-0.4, -0.2) is 62.2 Å². The number of benzene rings is 4. The van der Waals surface area contributed by atoms with E-state index in [2.05, 4.69) is 5.32 Å². The summed E-state index contributed by atoms with van der Waals surface area (Å²) in [5.41, 5.74) is 1.67. The van der Waals surface area contributed by atoms with Crippen molar-refractivity contribution in [3.05, 3.63) is 108 Å². The Kier molecular flexibility index (Phi) is 9.97. The van der Waals surface area contributed by atoms with Crippen LogP contribution in [0.1, 0.15) is 36.8 Å². The molecular weight excluding hydrogens is 574 g/mol. The van der Waals surface area contributed by atoms with E-state index in [0.717, 1.165) is 51.9 Å². The van der Waals surface area contributed by atoms with Crippen molar-refractivity contribution < 1.29 is 22.7 Å². The maximum Gasteiger partial charge on any atom is 0.243 e. The van der Waals surface area contributed by atoms with Crippen LogP contribution < -0.4 is 10.1 Å². The molecule has 5 rings (SSSR count). The van der Waals surface area contributed by atoms with Crippen LogP contribution in [-0.2, 0) is 32.6 Å². The second-order valence-electron chi connectivity index (χ2n) is 11.3. The van der Waals surface area contributed by atoms with Gasteiger partial charge in [-0.1, -0.05) is 85.6 Å². The highest BCUT2D eigenvalue weighted by molar-refractivity contribution is 7.89. The van der Waals surface area contributed by atoms with E-state index in [-0.39, 0.29) is 29.8 Å². The number of hydrogen-bond donors (Lipinski definition) is 1. The van der Waals surface area contributed by atoms with Crippen molar-refractivity contribution in [2.24, 2.45) is 0 Å². The Morgan fingerprint density at radius 2 is 1.55 bits per heavy atom. The summed E-state index contributed by atoms with van der Waals surface area (Å²) in [6, 6.07) is 28.6. The number of likely N-dealkylation sites (N-methyl/N-ethyl adjacent to an activating group) is 1. The van der Waals surface area contributed by atoms with Crippen LogP contribution in [0.25, 0.3) is 10.8 Å². The first-order valence-corrected chi connectivity index (χ1v) is 16.4. The summed E-state index contributed by atoms with van der Waals surface area (Å²) in [5.74, 6) is -0.0832. The fraction of sp³-hybridized carbons (Fsp3) is 0.314. The molecule has 0 spiro atoms. The number of hydrogen-bond acceptors (Lipinski definition) is 5. The predicted octanol–water partition coefficient (Wildman–Crippen LogP) is 5.17. The van der Waals surface area contributed by atoms with Gasteiger partial charge in [0.1, 0.15) is 11.8 Å². The number of rotatable bonds is 12. The Labute approximate surface area is 259 Å². The number of methoxy groups -OCH3 is 1. The Bertz CT molecular complexity index is 1700. The molecule has 1 aliphatic carbocycles. The van der Waals surface area contributed by atoms with Gasteiger partial charge >= 0.3 is 0 Å². The maximum atomic E-state index is 14.2. The molecule has 0 unspecified atom stereocenters. The summed E-state index contributed by atoms with van der Waals surface area (Å²) >= 11 is 0. The van der Waals surface area contributed by atoms with Crippen LogP contribution in [0.5, 0.6) is 5.75 Å². The van der Waals surface area contributed by atoms with Crippen LogP contribution >= 0.6 is 0 Å². The third kappa shape index (κ3) is 7.46. The molecule has 4 aromatic rings. The van der Waals surface area contributed by atoms with E-state index in [1.54, 1.807) is 25.3 Å². The molecule has 4 aromatic carbocycles. The lowest BCUT2D eigenvalue weighted by atomic mass is 10.0. The number of carbonyl (C=O) groups excluding carboxylic acids is 2. The van der Waals surface area contributed by atoms with Crippen molar-refractivity contribution in [2.45, 2.75) is 55.6 Å². The highest BCUT2D eigenvalue weighted by Gasteiger charge is 2.34. The molecule has 0 bridgehead atoms. The fourth-order valence-corrected chi connectivity index (χ4v) is 6.92. The molecule has 1 saturated carbocycles. The molecule has 0 heterocycles. The van der Waals surface area contributed by atoms with Gasteiger partial charge < -0.3 is 15.0 Å². The van der Waals surface area contributed by atoms with E-state index >= 15 is 0 Å². The molecule has 9 heteroatoms. The van der Waals surface area contributed by atoms with Gasteiger partial charge in [0.15, 0.2) is 0 Å². The molecule has 0 saturated heterocycles. The van der Waals surface area contributed by atoms with Gasteiger partial charge in [0.2, 0.25) is 21.8 Å². The Balaban J connectivity index is 1.46. The van der Waals surface area contributed by atoms with Crippen LogP contribution in [0, 0.1) is 0 Å². The largest absolute Gasteiger partial charge is 0.497 e. The van der Waals surface area contributed by atoms with Gasteiger partial charge in [-0.2, -0.15) is 4.31 Å². The van der Waals surface area contributed by atoms with Crippen molar-refractivity contribution in [2.75, 3.05) is 20.7 Å². The first-order chi connectivity index (χ1) is 21.2. The van der Waals surface area contributed by atoms with Crippen molar-refractivity contribution in [3.63, 3.8) is 0 Å². The zero-order valence-corrected chi connectivity index (χ0v) is 26.0. The standard InChI is InChI=1S/C35H39N3O5S/c1-37(44(41,42)32-20-19-28-14-6-7-15-29(28)23-32)25-34(39)38(24-27-13-10-18-31(21-27)43-2)33(22-26-11-4-3-5-12-26)35(40)36-30-16-8-9-17-30/h3-7,10-15,18-21,23,30,33H,8-9,16-17,22,24-25H2,1-2H3,(H,36,40)/t33-/m1/s1. The number of nitrogens with one attached hydrogen (secondary N) is 1. The normalized spacial score (nSPS) is 14.4. The second kappa shape index (κ2) is 14.1. The van der Waals surface area contributed by atoms with E-state index < -0.39 is 28.5 Å². The lowest BCUT2D eigenvalue weighted by molar-refractivity contribution is -0.141. The van der Waals surface area contributed by atoms with Crippen LogP contribution in [0.15, 0.2) is 102 Å². The third-order valence-electron chi connectivity index (χ3n) is 8.25. The number of sulfonamides is 1. The summed E-state index contributed by atoms with van der Waals surface area (Å²) < 4.78 is 33.8. The van der Waals surface area contributed by atoms with Crippen LogP contribution in [0.4, 0.5) is 0 Å². The number of carbonyl (C=O) groups is 2. The average Bonchev–Trinajstić information content (AvgIpc) is 3.56. The number of nitrogens with zero attached hydrogens (tertiary/aromatic N) is 2. The molecular formula is C35H39N3O5S. The molecule has 1 N–H and O–H groups in total. The van der Waals surface area contributed by atoms with E-state index in [4.69, 9.17) is 4.74 Å². The predicted molar refractivity (Wildman–Crippen MR) is 172 cm³/mol. The first-order valence-electron chi connectivity index (χ1n) is 15.0. The summed E-state index contributed by atoms with van der Waals surface area (Å²) in [4.78, 5) is 29.7. The SMILES string of the molecule is COc1cccc(CN(C(=O)CN(C)S(=O)(=O)c2ccc3ccccc3c2)[C@H](Cc2ccccc2)C(=O)NC2CCCC2)c1. The molecule has 0 aromatic heterocycles. The zero-order valence-electron chi connectivity index (χ0n) is 25.2. The van der Waals surface area contributed by atoms with E-state index in [1.807, 2.05) is 78.9 Å². The Hall–Kier alpha value is -4.21. The van der Waals surface area contributed by atoms with Gasteiger partial charge in [-0.25, -0.2) is 8.42 Å². The van der Waals surface area contributed by atoms with E-state index in [0.29, 0.717) is 5.75 Å². The molecule has 0 radical (unpaired) electrons. The van der Waals surface area contributed by atoms with Crippen molar-refractivity contribution in [1.82, 2.24) is 14.5 Å². The third-order valence-corrected chi connectivity index (χ3v) is 10.0. The maximum absolute atomic E-state index is 14.2. The summed E-state index contributed by atoms with van der Waals surface area (Å²) in [7, 11) is -1.03.